The van der Waals surface area contributed by atoms with Gasteiger partial charge in [0.05, 0.1) is 4.91 Å². The van der Waals surface area contributed by atoms with Gasteiger partial charge >= 0.3 is 6.18 Å². The quantitative estimate of drug-likeness (QED) is 0.408. The topological polar surface area (TPSA) is 60.9 Å². The summed E-state index contributed by atoms with van der Waals surface area (Å²) in [5.74, 6) is -0.430. The Labute approximate surface area is 218 Å². The molecule has 2 aromatic carbocycles. The SMILES string of the molecule is C[C@@](O)(c1ccc(N2CCN(S(=O)(=O)C3=CC=CCC3=S)C[C@H]2Cc2ccccc2F)cc1)C(F)(F)F. The molecule has 5 nitrogen and oxygen atoms in total. The van der Waals surface area contributed by atoms with Crippen molar-refractivity contribution in [2.45, 2.75) is 37.6 Å². The minimum absolute atomic E-state index is 0.0301. The summed E-state index contributed by atoms with van der Waals surface area (Å²) in [5, 5.41) is 10.00. The Hall–Kier alpha value is -2.60. The zero-order valence-corrected chi connectivity index (χ0v) is 21.6. The third-order valence-electron chi connectivity index (χ3n) is 6.75. The summed E-state index contributed by atoms with van der Waals surface area (Å²) in [6, 6.07) is 11.0. The molecule has 2 aliphatic rings. The Morgan fingerprint density at radius 3 is 2.38 bits per heavy atom. The van der Waals surface area contributed by atoms with Crippen LogP contribution in [0.5, 0.6) is 0 Å². The van der Waals surface area contributed by atoms with Gasteiger partial charge in [-0.2, -0.15) is 17.5 Å². The minimum Gasteiger partial charge on any atom is -0.376 e. The van der Waals surface area contributed by atoms with Crippen LogP contribution in [-0.2, 0) is 22.0 Å². The van der Waals surface area contributed by atoms with Gasteiger partial charge in [-0.15, -0.1) is 0 Å². The summed E-state index contributed by atoms with van der Waals surface area (Å²) in [6.07, 6.45) is 0.570. The highest BCUT2D eigenvalue weighted by molar-refractivity contribution is 7.96. The first-order valence-corrected chi connectivity index (χ1v) is 13.5. The first kappa shape index (κ1) is 27.4. The molecule has 2 atom stereocenters. The lowest BCUT2D eigenvalue weighted by Crippen LogP contribution is -2.56. The third kappa shape index (κ3) is 5.50. The number of alkyl halides is 3. The number of aliphatic hydroxyl groups is 1. The van der Waals surface area contributed by atoms with Crippen molar-refractivity contribution >= 4 is 32.8 Å². The number of piperazine rings is 1. The zero-order valence-electron chi connectivity index (χ0n) is 20.0. The Morgan fingerprint density at radius 1 is 1.08 bits per heavy atom. The summed E-state index contributed by atoms with van der Waals surface area (Å²) in [4.78, 5) is 2.25. The molecule has 1 N–H and O–H groups in total. The molecule has 1 heterocycles. The van der Waals surface area contributed by atoms with Crippen molar-refractivity contribution in [3.8, 4) is 0 Å². The second-order valence-corrected chi connectivity index (χ2v) is 11.6. The van der Waals surface area contributed by atoms with Crippen LogP contribution in [0, 0.1) is 5.82 Å². The number of benzene rings is 2. The van der Waals surface area contributed by atoms with Crippen molar-refractivity contribution in [3.63, 3.8) is 0 Å². The molecule has 0 amide bonds. The van der Waals surface area contributed by atoms with Crippen molar-refractivity contribution in [1.29, 1.82) is 0 Å². The average Bonchev–Trinajstić information content (AvgIpc) is 2.85. The number of nitrogens with zero attached hydrogens (tertiary/aromatic N) is 2. The standard InChI is InChI=1S/C26H26F4N2O3S2/c1-25(33,26(28,29)30)19-10-12-20(13-11-19)32-15-14-31(37(34,35)24-9-5-4-8-23(24)36)17-21(32)16-18-6-2-3-7-22(18)27/h2-7,9-13,21,33H,8,14-17H2,1H3/t21-,25-/m1/s1. The molecule has 1 aliphatic heterocycles. The largest absolute Gasteiger partial charge is 0.421 e. The maximum absolute atomic E-state index is 14.5. The summed E-state index contributed by atoms with van der Waals surface area (Å²) in [7, 11) is -3.89. The van der Waals surface area contributed by atoms with Gasteiger partial charge < -0.3 is 10.0 Å². The predicted octanol–water partition coefficient (Wildman–Crippen LogP) is 4.87. The lowest BCUT2D eigenvalue weighted by Gasteiger charge is -2.43. The maximum Gasteiger partial charge on any atom is 0.421 e. The lowest BCUT2D eigenvalue weighted by molar-refractivity contribution is -0.258. The molecular weight excluding hydrogens is 528 g/mol. The van der Waals surface area contributed by atoms with Gasteiger partial charge in [0.15, 0.2) is 5.60 Å². The van der Waals surface area contributed by atoms with Gasteiger partial charge in [0.1, 0.15) is 5.82 Å². The van der Waals surface area contributed by atoms with Crippen molar-refractivity contribution in [2.24, 2.45) is 0 Å². The van der Waals surface area contributed by atoms with E-state index in [0.29, 0.717) is 29.5 Å². The molecule has 1 fully saturated rings. The van der Waals surface area contributed by atoms with Gasteiger partial charge in [0.25, 0.3) is 0 Å². The summed E-state index contributed by atoms with van der Waals surface area (Å²) < 4.78 is 82.5. The molecule has 0 aromatic heterocycles. The number of rotatable bonds is 6. The molecule has 1 aliphatic carbocycles. The Balaban J connectivity index is 1.65. The monoisotopic (exact) mass is 554 g/mol. The number of sulfonamides is 1. The van der Waals surface area contributed by atoms with Crippen LogP contribution < -0.4 is 4.90 Å². The van der Waals surface area contributed by atoms with E-state index in [2.05, 4.69) is 0 Å². The van der Waals surface area contributed by atoms with E-state index in [1.54, 1.807) is 30.4 Å². The zero-order chi connectivity index (χ0) is 27.0. The van der Waals surface area contributed by atoms with Crippen molar-refractivity contribution in [2.75, 3.05) is 24.5 Å². The van der Waals surface area contributed by atoms with E-state index in [9.17, 15) is 31.1 Å². The molecule has 1 saturated heterocycles. The number of halogens is 4. The van der Waals surface area contributed by atoms with Gasteiger partial charge in [-0.05, 0) is 48.7 Å². The van der Waals surface area contributed by atoms with Crippen LogP contribution in [0.25, 0.3) is 0 Å². The molecular formula is C26H26F4N2O3S2. The Morgan fingerprint density at radius 2 is 1.76 bits per heavy atom. The highest BCUT2D eigenvalue weighted by Crippen LogP contribution is 2.39. The molecule has 0 unspecified atom stereocenters. The van der Waals surface area contributed by atoms with E-state index in [1.165, 1.54) is 40.7 Å². The average molecular weight is 555 g/mol. The molecule has 0 bridgehead atoms. The molecule has 2 aromatic rings. The van der Waals surface area contributed by atoms with E-state index in [1.807, 2.05) is 4.90 Å². The lowest BCUT2D eigenvalue weighted by atomic mass is 9.94. The summed E-state index contributed by atoms with van der Waals surface area (Å²) in [5.41, 5.74) is -2.41. The van der Waals surface area contributed by atoms with Crippen molar-refractivity contribution in [1.82, 2.24) is 4.31 Å². The van der Waals surface area contributed by atoms with Crippen LogP contribution in [-0.4, -0.2) is 54.5 Å². The van der Waals surface area contributed by atoms with Crippen LogP contribution in [0.2, 0.25) is 0 Å². The molecule has 198 valence electrons. The molecule has 4 rings (SSSR count). The predicted molar refractivity (Wildman–Crippen MR) is 138 cm³/mol. The van der Waals surface area contributed by atoms with Crippen LogP contribution in [0.4, 0.5) is 23.2 Å². The fourth-order valence-corrected chi connectivity index (χ4v) is 6.58. The molecule has 0 saturated carbocycles. The second kappa shape index (κ2) is 10.3. The first-order chi connectivity index (χ1) is 17.3. The highest BCUT2D eigenvalue weighted by atomic mass is 32.2. The summed E-state index contributed by atoms with van der Waals surface area (Å²) in [6.45, 7) is 1.06. The number of hydrogen-bond donors (Lipinski definition) is 1. The second-order valence-electron chi connectivity index (χ2n) is 9.21. The highest BCUT2D eigenvalue weighted by Gasteiger charge is 2.51. The van der Waals surface area contributed by atoms with E-state index >= 15 is 0 Å². The van der Waals surface area contributed by atoms with Gasteiger partial charge in [-0.1, -0.05) is 54.7 Å². The van der Waals surface area contributed by atoms with E-state index in [-0.39, 0.29) is 36.5 Å². The maximum atomic E-state index is 14.5. The van der Waals surface area contributed by atoms with Crippen LogP contribution in [0.3, 0.4) is 0 Å². The molecule has 0 spiro atoms. The van der Waals surface area contributed by atoms with E-state index in [4.69, 9.17) is 12.2 Å². The molecule has 11 heteroatoms. The Bertz CT molecular complexity index is 1340. The fourth-order valence-electron chi connectivity index (χ4n) is 4.51. The van der Waals surface area contributed by atoms with Gasteiger partial charge in [0, 0.05) is 42.6 Å². The van der Waals surface area contributed by atoms with Gasteiger partial charge in [-0.25, -0.2) is 12.8 Å². The normalized spacial score (nSPS) is 21.0. The molecule has 0 radical (unpaired) electrons. The van der Waals surface area contributed by atoms with Crippen LogP contribution >= 0.6 is 12.2 Å². The number of anilines is 1. The Kier molecular flexibility index (Phi) is 7.62. The van der Waals surface area contributed by atoms with E-state index < -0.39 is 33.7 Å². The van der Waals surface area contributed by atoms with E-state index in [0.717, 1.165) is 0 Å². The number of hydrogen-bond acceptors (Lipinski definition) is 5. The van der Waals surface area contributed by atoms with Gasteiger partial charge in [-0.3, -0.25) is 0 Å². The van der Waals surface area contributed by atoms with Crippen LogP contribution in [0.1, 0.15) is 24.5 Å². The first-order valence-electron chi connectivity index (χ1n) is 11.6. The van der Waals surface area contributed by atoms with Gasteiger partial charge in [0.2, 0.25) is 10.0 Å². The smallest absolute Gasteiger partial charge is 0.376 e. The van der Waals surface area contributed by atoms with Crippen molar-refractivity contribution < 1.29 is 31.1 Å². The number of allylic oxidation sites excluding steroid dienone is 4. The minimum atomic E-state index is -4.86. The van der Waals surface area contributed by atoms with Crippen LogP contribution in [0.15, 0.2) is 71.7 Å². The van der Waals surface area contributed by atoms with Crippen molar-refractivity contribution in [3.05, 3.63) is 88.6 Å². The molecule has 37 heavy (non-hydrogen) atoms. The summed E-state index contributed by atoms with van der Waals surface area (Å²) >= 11 is 5.28. The number of thiocarbonyl (C=S) groups is 1. The fraction of sp³-hybridized carbons (Fsp3) is 0.346. The third-order valence-corrected chi connectivity index (χ3v) is 9.22.